The van der Waals surface area contributed by atoms with Gasteiger partial charge in [0, 0.05) is 31.2 Å². The van der Waals surface area contributed by atoms with Gasteiger partial charge in [0.25, 0.3) is 0 Å². The summed E-state index contributed by atoms with van der Waals surface area (Å²) >= 11 is 0. The molecule has 36 heavy (non-hydrogen) atoms. The molecule has 1 aliphatic rings. The standard InChI is InChI=1S/C27H30N4O5/c1-19-6-3-4-8-22(19)29-27(35)30-23-10-9-21(16-24(23)36-2)17-25(32)28-18-20-7-5-13-31(14-11-20)15-12-26(33)34/h3-11,13-14,16H,12,15,17-18H2,1-2H3,(H,28,32)(H,33,34)(H2,29,30,35). The Bertz CT molecular complexity index is 1200. The van der Waals surface area contributed by atoms with Crippen molar-refractivity contribution in [2.75, 3.05) is 30.8 Å². The molecule has 0 aromatic heterocycles. The zero-order valence-corrected chi connectivity index (χ0v) is 20.3. The number of ether oxygens (including phenoxy) is 1. The average Bonchev–Trinajstić information content (AvgIpc) is 3.09. The van der Waals surface area contributed by atoms with Gasteiger partial charge < -0.3 is 30.7 Å². The van der Waals surface area contributed by atoms with Crippen molar-refractivity contribution < 1.29 is 24.2 Å². The maximum Gasteiger partial charge on any atom is 0.323 e. The number of urea groups is 1. The highest BCUT2D eigenvalue weighted by atomic mass is 16.5. The second-order valence-electron chi connectivity index (χ2n) is 8.16. The monoisotopic (exact) mass is 490 g/mol. The number of para-hydroxylation sites is 1. The summed E-state index contributed by atoms with van der Waals surface area (Å²) in [5.41, 5.74) is 3.77. The summed E-state index contributed by atoms with van der Waals surface area (Å²) in [5.74, 6) is -0.575. The predicted octanol–water partition coefficient (Wildman–Crippen LogP) is 4.05. The number of hydrogen-bond acceptors (Lipinski definition) is 5. The minimum absolute atomic E-state index is 0.0376. The van der Waals surface area contributed by atoms with Crippen LogP contribution in [0.25, 0.3) is 0 Å². The first-order valence-corrected chi connectivity index (χ1v) is 11.4. The van der Waals surface area contributed by atoms with Crippen molar-refractivity contribution in [2.45, 2.75) is 19.8 Å². The van der Waals surface area contributed by atoms with Gasteiger partial charge in [0.1, 0.15) is 5.75 Å². The molecule has 0 atom stereocenters. The minimum atomic E-state index is -0.854. The number of aryl methyl sites for hydroxylation is 1. The Morgan fingerprint density at radius 2 is 1.81 bits per heavy atom. The van der Waals surface area contributed by atoms with E-state index in [9.17, 15) is 14.4 Å². The molecule has 9 heteroatoms. The van der Waals surface area contributed by atoms with Gasteiger partial charge in [-0.1, -0.05) is 30.3 Å². The van der Waals surface area contributed by atoms with Gasteiger partial charge in [-0.2, -0.15) is 0 Å². The van der Waals surface area contributed by atoms with E-state index in [2.05, 4.69) is 16.0 Å². The maximum absolute atomic E-state index is 12.5. The van der Waals surface area contributed by atoms with Crippen LogP contribution in [0.1, 0.15) is 17.5 Å². The van der Waals surface area contributed by atoms with E-state index in [1.54, 1.807) is 35.5 Å². The summed E-state index contributed by atoms with van der Waals surface area (Å²) in [7, 11) is 1.50. The molecule has 0 saturated heterocycles. The first-order valence-electron chi connectivity index (χ1n) is 11.4. The lowest BCUT2D eigenvalue weighted by atomic mass is 10.1. The van der Waals surface area contributed by atoms with Crippen LogP contribution in [0.5, 0.6) is 5.75 Å². The minimum Gasteiger partial charge on any atom is -0.495 e. The number of nitrogens with zero attached hydrogens (tertiary/aromatic N) is 1. The number of anilines is 2. The van der Waals surface area contributed by atoms with Crippen LogP contribution >= 0.6 is 0 Å². The molecule has 2 aromatic carbocycles. The Labute approximate surface area is 210 Å². The molecule has 0 spiro atoms. The van der Waals surface area contributed by atoms with E-state index in [4.69, 9.17) is 9.84 Å². The molecule has 1 aliphatic heterocycles. The largest absolute Gasteiger partial charge is 0.495 e. The van der Waals surface area contributed by atoms with E-state index >= 15 is 0 Å². The molecule has 4 N–H and O–H groups in total. The average molecular weight is 491 g/mol. The Morgan fingerprint density at radius 3 is 2.56 bits per heavy atom. The smallest absolute Gasteiger partial charge is 0.323 e. The van der Waals surface area contributed by atoms with E-state index in [-0.39, 0.29) is 18.7 Å². The van der Waals surface area contributed by atoms with Gasteiger partial charge in [-0.05, 0) is 54.0 Å². The van der Waals surface area contributed by atoms with Crippen LogP contribution < -0.4 is 20.7 Å². The van der Waals surface area contributed by atoms with E-state index in [0.717, 1.165) is 16.7 Å². The third kappa shape index (κ3) is 8.05. The number of nitrogens with one attached hydrogen (secondary N) is 3. The van der Waals surface area contributed by atoms with Crippen LogP contribution in [-0.2, 0) is 16.0 Å². The lowest BCUT2D eigenvalue weighted by molar-refractivity contribution is -0.137. The summed E-state index contributed by atoms with van der Waals surface area (Å²) in [5, 5.41) is 17.3. The molecule has 0 fully saturated rings. The molecule has 3 amide bonds. The Hall–Kier alpha value is -4.53. The van der Waals surface area contributed by atoms with Crippen molar-refractivity contribution >= 4 is 29.3 Å². The van der Waals surface area contributed by atoms with E-state index in [1.165, 1.54) is 7.11 Å². The fourth-order valence-corrected chi connectivity index (χ4v) is 3.45. The van der Waals surface area contributed by atoms with Crippen LogP contribution in [0.2, 0.25) is 0 Å². The maximum atomic E-state index is 12.5. The summed E-state index contributed by atoms with van der Waals surface area (Å²) in [4.78, 5) is 37.4. The number of carboxylic acid groups (broad SMARTS) is 1. The lowest BCUT2D eigenvalue weighted by Crippen LogP contribution is -2.27. The molecule has 0 bridgehead atoms. The highest BCUT2D eigenvalue weighted by Gasteiger charge is 2.12. The van der Waals surface area contributed by atoms with Crippen molar-refractivity contribution in [3.8, 4) is 5.75 Å². The van der Waals surface area contributed by atoms with Crippen molar-refractivity contribution in [3.63, 3.8) is 0 Å². The number of carboxylic acids is 1. The molecular formula is C27H30N4O5. The van der Waals surface area contributed by atoms with E-state index < -0.39 is 12.0 Å². The summed E-state index contributed by atoms with van der Waals surface area (Å²) in [6.07, 6.45) is 9.28. The van der Waals surface area contributed by atoms with E-state index in [0.29, 0.717) is 30.2 Å². The Morgan fingerprint density at radius 1 is 1.03 bits per heavy atom. The molecule has 0 radical (unpaired) electrons. The van der Waals surface area contributed by atoms with Gasteiger partial charge in [0.05, 0.1) is 25.6 Å². The molecule has 0 saturated carbocycles. The van der Waals surface area contributed by atoms with Gasteiger partial charge in [-0.15, -0.1) is 0 Å². The first-order chi connectivity index (χ1) is 17.3. The quantitative estimate of drug-likeness (QED) is 0.399. The van der Waals surface area contributed by atoms with Crippen molar-refractivity contribution in [1.82, 2.24) is 10.2 Å². The van der Waals surface area contributed by atoms with Crippen LogP contribution in [0.4, 0.5) is 16.2 Å². The second-order valence-corrected chi connectivity index (χ2v) is 8.16. The molecule has 0 unspecified atom stereocenters. The number of carbonyl (C=O) groups is 3. The number of hydrogen-bond donors (Lipinski definition) is 4. The third-order valence-corrected chi connectivity index (χ3v) is 5.41. The van der Waals surface area contributed by atoms with Crippen LogP contribution in [0.3, 0.4) is 0 Å². The lowest BCUT2D eigenvalue weighted by Gasteiger charge is -2.14. The number of aliphatic carboxylic acids is 1. The molecular weight excluding hydrogens is 460 g/mol. The number of benzene rings is 2. The molecule has 0 aliphatic carbocycles. The highest BCUT2D eigenvalue weighted by Crippen LogP contribution is 2.26. The number of rotatable bonds is 10. The van der Waals surface area contributed by atoms with Crippen molar-refractivity contribution in [3.05, 3.63) is 89.8 Å². The Balaban J connectivity index is 1.52. The van der Waals surface area contributed by atoms with E-state index in [1.807, 2.05) is 49.4 Å². The number of methoxy groups -OCH3 is 1. The molecule has 1 heterocycles. The SMILES string of the molecule is COc1cc(CC(=O)NCC2=CC=CN(CCC(=O)O)C=C2)ccc1NC(=O)Nc1ccccc1C. The van der Waals surface area contributed by atoms with Crippen molar-refractivity contribution in [1.29, 1.82) is 0 Å². The summed E-state index contributed by atoms with van der Waals surface area (Å²) in [6, 6.07) is 12.3. The van der Waals surface area contributed by atoms with Crippen molar-refractivity contribution in [2.24, 2.45) is 0 Å². The fourth-order valence-electron chi connectivity index (χ4n) is 3.45. The topological polar surface area (TPSA) is 120 Å². The van der Waals surface area contributed by atoms with Crippen LogP contribution in [-0.4, -0.2) is 48.1 Å². The molecule has 2 aromatic rings. The van der Waals surface area contributed by atoms with Gasteiger partial charge in [-0.25, -0.2) is 4.79 Å². The van der Waals surface area contributed by atoms with Gasteiger partial charge in [0.15, 0.2) is 0 Å². The molecule has 3 rings (SSSR count). The van der Waals surface area contributed by atoms with Crippen LogP contribution in [0.15, 0.2) is 78.7 Å². The zero-order chi connectivity index (χ0) is 25.9. The van der Waals surface area contributed by atoms with Crippen LogP contribution in [0, 0.1) is 6.92 Å². The second kappa shape index (κ2) is 12.8. The summed E-state index contributed by atoms with van der Waals surface area (Å²) in [6.45, 7) is 2.62. The number of carbonyl (C=O) groups excluding carboxylic acids is 2. The van der Waals surface area contributed by atoms with Gasteiger partial charge >= 0.3 is 12.0 Å². The number of amides is 3. The van der Waals surface area contributed by atoms with Gasteiger partial charge in [0.2, 0.25) is 5.91 Å². The number of allylic oxidation sites excluding steroid dienone is 2. The summed E-state index contributed by atoms with van der Waals surface area (Å²) < 4.78 is 5.41. The fraction of sp³-hybridized carbons (Fsp3) is 0.222. The Kier molecular flexibility index (Phi) is 9.27. The highest BCUT2D eigenvalue weighted by molar-refractivity contribution is 6.01. The third-order valence-electron chi connectivity index (χ3n) is 5.41. The first kappa shape index (κ1) is 26.1. The molecule has 9 nitrogen and oxygen atoms in total. The van der Waals surface area contributed by atoms with Gasteiger partial charge in [-0.3, -0.25) is 9.59 Å². The zero-order valence-electron chi connectivity index (χ0n) is 20.3. The predicted molar refractivity (Wildman–Crippen MR) is 139 cm³/mol. The normalized spacial score (nSPS) is 12.4. The molecule has 188 valence electrons.